The van der Waals surface area contributed by atoms with Crippen molar-refractivity contribution in [2.45, 2.75) is 0 Å². The van der Waals surface area contributed by atoms with Crippen LogP contribution in [0.4, 0.5) is 17.6 Å². The van der Waals surface area contributed by atoms with Gasteiger partial charge in [-0.3, -0.25) is 0 Å². The minimum absolute atomic E-state index is 0.739. The molecule has 0 bridgehead atoms. The Morgan fingerprint density at radius 2 is 1.58 bits per heavy atom. The first kappa shape index (κ1) is 14.7. The Labute approximate surface area is 140 Å². The first-order valence-corrected chi connectivity index (χ1v) is 8.01. The van der Waals surface area contributed by atoms with Gasteiger partial charge in [0.05, 0.1) is 6.20 Å². The van der Waals surface area contributed by atoms with E-state index < -0.39 is 0 Å². The lowest BCUT2D eigenvalue weighted by atomic mass is 10.3. The molecule has 0 unspecified atom stereocenters. The van der Waals surface area contributed by atoms with Crippen molar-refractivity contribution in [3.63, 3.8) is 0 Å². The molecular weight excluding hydrogens is 304 g/mol. The molecule has 0 atom stereocenters. The standard InChI is InChI=1S/C16H20N8/c1-21(2)16-17-6-3-13(20-16)22-9-11-23(12-10-22)14-5-8-24-15(19-14)4-7-18-24/h3-8H,9-12H2,1-2H3. The average molecular weight is 324 g/mol. The number of fused-ring (bicyclic) bond motifs is 1. The quantitative estimate of drug-likeness (QED) is 0.709. The van der Waals surface area contributed by atoms with E-state index in [0.717, 1.165) is 49.4 Å². The Morgan fingerprint density at radius 1 is 0.875 bits per heavy atom. The van der Waals surface area contributed by atoms with Crippen molar-refractivity contribution in [1.82, 2.24) is 24.6 Å². The summed E-state index contributed by atoms with van der Waals surface area (Å²) in [5.41, 5.74) is 0.876. The van der Waals surface area contributed by atoms with E-state index in [9.17, 15) is 0 Å². The molecule has 24 heavy (non-hydrogen) atoms. The molecule has 0 aliphatic carbocycles. The SMILES string of the molecule is CN(C)c1nccc(N2CCN(c3ccn4nccc4n3)CC2)n1. The Hall–Kier alpha value is -2.90. The molecule has 0 amide bonds. The number of aromatic nitrogens is 5. The van der Waals surface area contributed by atoms with Gasteiger partial charge in [-0.1, -0.05) is 0 Å². The van der Waals surface area contributed by atoms with Crippen LogP contribution >= 0.6 is 0 Å². The molecule has 3 aromatic rings. The Kier molecular flexibility index (Phi) is 3.64. The van der Waals surface area contributed by atoms with Gasteiger partial charge in [0.25, 0.3) is 0 Å². The lowest BCUT2D eigenvalue weighted by Gasteiger charge is -2.36. The summed E-state index contributed by atoms with van der Waals surface area (Å²) in [5, 5.41) is 4.19. The van der Waals surface area contributed by atoms with E-state index in [2.05, 4.69) is 29.9 Å². The van der Waals surface area contributed by atoms with Crippen molar-refractivity contribution >= 4 is 23.2 Å². The summed E-state index contributed by atoms with van der Waals surface area (Å²) in [7, 11) is 3.91. The molecule has 1 saturated heterocycles. The monoisotopic (exact) mass is 324 g/mol. The van der Waals surface area contributed by atoms with E-state index in [1.807, 2.05) is 49.6 Å². The third-order valence-corrected chi connectivity index (χ3v) is 4.20. The van der Waals surface area contributed by atoms with Crippen molar-refractivity contribution in [2.75, 3.05) is 55.0 Å². The van der Waals surface area contributed by atoms with E-state index in [0.29, 0.717) is 0 Å². The Bertz CT molecular complexity index is 835. The van der Waals surface area contributed by atoms with E-state index >= 15 is 0 Å². The van der Waals surface area contributed by atoms with Crippen LogP contribution in [0.2, 0.25) is 0 Å². The number of anilines is 3. The van der Waals surface area contributed by atoms with Crippen molar-refractivity contribution in [3.8, 4) is 0 Å². The number of piperazine rings is 1. The summed E-state index contributed by atoms with van der Waals surface area (Å²) in [6, 6.07) is 5.91. The van der Waals surface area contributed by atoms with Crippen molar-refractivity contribution < 1.29 is 0 Å². The predicted octanol–water partition coefficient (Wildman–Crippen LogP) is 0.912. The average Bonchev–Trinajstić information content (AvgIpc) is 3.09. The van der Waals surface area contributed by atoms with Gasteiger partial charge in [0.15, 0.2) is 5.65 Å². The summed E-state index contributed by atoms with van der Waals surface area (Å²) in [4.78, 5) is 20.1. The van der Waals surface area contributed by atoms with Gasteiger partial charge in [0, 0.05) is 58.7 Å². The van der Waals surface area contributed by atoms with Gasteiger partial charge in [-0.2, -0.15) is 10.1 Å². The summed E-state index contributed by atoms with van der Waals surface area (Å²) in [6.45, 7) is 3.66. The predicted molar refractivity (Wildman–Crippen MR) is 93.8 cm³/mol. The highest BCUT2D eigenvalue weighted by Crippen LogP contribution is 2.19. The zero-order valence-electron chi connectivity index (χ0n) is 13.9. The topological polar surface area (TPSA) is 65.7 Å². The summed E-state index contributed by atoms with van der Waals surface area (Å²) in [6.07, 6.45) is 5.54. The summed E-state index contributed by atoms with van der Waals surface area (Å²) >= 11 is 0. The fourth-order valence-corrected chi connectivity index (χ4v) is 2.87. The maximum absolute atomic E-state index is 4.67. The molecule has 8 heteroatoms. The van der Waals surface area contributed by atoms with E-state index in [1.165, 1.54) is 0 Å². The van der Waals surface area contributed by atoms with Gasteiger partial charge < -0.3 is 14.7 Å². The lowest BCUT2D eigenvalue weighted by Crippen LogP contribution is -2.47. The molecule has 8 nitrogen and oxygen atoms in total. The molecule has 0 N–H and O–H groups in total. The van der Waals surface area contributed by atoms with Gasteiger partial charge in [-0.05, 0) is 12.1 Å². The van der Waals surface area contributed by atoms with Crippen LogP contribution in [0.3, 0.4) is 0 Å². The molecule has 0 spiro atoms. The minimum atomic E-state index is 0.739. The first-order valence-electron chi connectivity index (χ1n) is 8.01. The second-order valence-corrected chi connectivity index (χ2v) is 6.00. The summed E-state index contributed by atoms with van der Waals surface area (Å²) < 4.78 is 1.78. The molecule has 3 aromatic heterocycles. The van der Waals surface area contributed by atoms with Gasteiger partial charge in [0.2, 0.25) is 5.95 Å². The highest BCUT2D eigenvalue weighted by Gasteiger charge is 2.20. The number of rotatable bonds is 3. The molecule has 4 rings (SSSR count). The second-order valence-electron chi connectivity index (χ2n) is 6.00. The van der Waals surface area contributed by atoms with E-state index in [4.69, 9.17) is 0 Å². The van der Waals surface area contributed by atoms with Crippen molar-refractivity contribution in [3.05, 3.63) is 36.8 Å². The molecular formula is C16H20N8. The second kappa shape index (κ2) is 5.95. The zero-order valence-corrected chi connectivity index (χ0v) is 13.9. The zero-order chi connectivity index (χ0) is 16.5. The minimum Gasteiger partial charge on any atom is -0.353 e. The molecule has 0 radical (unpaired) electrons. The largest absolute Gasteiger partial charge is 0.353 e. The van der Waals surface area contributed by atoms with Crippen LogP contribution in [-0.2, 0) is 0 Å². The number of nitrogens with zero attached hydrogens (tertiary/aromatic N) is 8. The maximum atomic E-state index is 4.67. The van der Waals surface area contributed by atoms with Gasteiger partial charge >= 0.3 is 0 Å². The molecule has 0 saturated carbocycles. The molecule has 4 heterocycles. The highest BCUT2D eigenvalue weighted by atomic mass is 15.3. The molecule has 1 aliphatic rings. The highest BCUT2D eigenvalue weighted by molar-refractivity contribution is 5.50. The Balaban J connectivity index is 1.47. The fraction of sp³-hybridized carbons (Fsp3) is 0.375. The smallest absolute Gasteiger partial charge is 0.226 e. The van der Waals surface area contributed by atoms with Crippen LogP contribution in [-0.4, -0.2) is 64.8 Å². The summed E-state index contributed by atoms with van der Waals surface area (Å²) in [5.74, 6) is 2.72. The van der Waals surface area contributed by atoms with Crippen LogP contribution in [0.5, 0.6) is 0 Å². The fourth-order valence-electron chi connectivity index (χ4n) is 2.87. The van der Waals surface area contributed by atoms with Gasteiger partial charge in [-0.25, -0.2) is 14.5 Å². The van der Waals surface area contributed by atoms with Crippen molar-refractivity contribution in [1.29, 1.82) is 0 Å². The van der Waals surface area contributed by atoms with Crippen LogP contribution in [0.15, 0.2) is 36.8 Å². The van der Waals surface area contributed by atoms with Crippen molar-refractivity contribution in [2.24, 2.45) is 0 Å². The molecule has 1 aliphatic heterocycles. The van der Waals surface area contributed by atoms with Crippen LogP contribution in [0, 0.1) is 0 Å². The van der Waals surface area contributed by atoms with Gasteiger partial charge in [0.1, 0.15) is 11.6 Å². The third-order valence-electron chi connectivity index (χ3n) is 4.20. The van der Waals surface area contributed by atoms with E-state index in [-0.39, 0.29) is 0 Å². The van der Waals surface area contributed by atoms with Crippen LogP contribution in [0.25, 0.3) is 5.65 Å². The normalized spacial score (nSPS) is 15.1. The Morgan fingerprint density at radius 3 is 2.29 bits per heavy atom. The lowest BCUT2D eigenvalue weighted by molar-refractivity contribution is 0.640. The molecule has 1 fully saturated rings. The van der Waals surface area contributed by atoms with Crippen LogP contribution < -0.4 is 14.7 Å². The number of hydrogen-bond acceptors (Lipinski definition) is 7. The number of hydrogen-bond donors (Lipinski definition) is 0. The molecule has 124 valence electrons. The molecule has 0 aromatic carbocycles. The van der Waals surface area contributed by atoms with Crippen LogP contribution in [0.1, 0.15) is 0 Å². The third kappa shape index (κ3) is 2.70. The maximum Gasteiger partial charge on any atom is 0.226 e. The van der Waals surface area contributed by atoms with E-state index in [1.54, 1.807) is 10.7 Å². The van der Waals surface area contributed by atoms with Gasteiger partial charge in [-0.15, -0.1) is 0 Å². The first-order chi connectivity index (χ1) is 11.7.